The average molecular weight is 640 g/mol. The second-order valence-corrected chi connectivity index (χ2v) is 13.8. The molecule has 2 aliphatic rings. The van der Waals surface area contributed by atoms with Gasteiger partial charge in [0.1, 0.15) is 17.4 Å². The molecule has 0 bridgehead atoms. The van der Waals surface area contributed by atoms with Gasteiger partial charge in [0.05, 0.1) is 11.0 Å². The molecule has 2 saturated heterocycles. The smallest absolute Gasteiger partial charge is 0.283 e. The molecule has 0 radical (unpaired) electrons. The lowest BCUT2D eigenvalue weighted by Crippen LogP contribution is -2.45. The van der Waals surface area contributed by atoms with Crippen LogP contribution in [0.4, 0.5) is 5.82 Å². The lowest BCUT2D eigenvalue weighted by molar-refractivity contribution is 0.186. The van der Waals surface area contributed by atoms with Gasteiger partial charge in [-0.2, -0.15) is 0 Å². The largest absolute Gasteiger partial charge is 0.492 e. The number of piperidine rings is 1. The Morgan fingerprint density at radius 2 is 1.51 bits per heavy atom. The molecule has 2 fully saturated rings. The molecule has 0 aliphatic carbocycles. The van der Waals surface area contributed by atoms with E-state index in [4.69, 9.17) is 19.1 Å². The van der Waals surface area contributed by atoms with Crippen molar-refractivity contribution in [1.82, 2.24) is 30.0 Å². The minimum Gasteiger partial charge on any atom is -0.492 e. The molecule has 7 rings (SSSR count). The zero-order chi connectivity index (χ0) is 30.4. The van der Waals surface area contributed by atoms with Crippen molar-refractivity contribution in [3.05, 3.63) is 78.9 Å². The van der Waals surface area contributed by atoms with E-state index in [1.807, 2.05) is 60.3 Å². The molecule has 232 valence electrons. The van der Waals surface area contributed by atoms with Crippen LogP contribution in [0.1, 0.15) is 12.8 Å². The van der Waals surface area contributed by atoms with Gasteiger partial charge in [-0.3, -0.25) is 4.90 Å². The van der Waals surface area contributed by atoms with Crippen LogP contribution in [0.25, 0.3) is 22.5 Å². The Morgan fingerprint density at radius 1 is 0.800 bits per heavy atom. The van der Waals surface area contributed by atoms with Crippen LogP contribution < -0.4 is 9.64 Å². The van der Waals surface area contributed by atoms with Crippen molar-refractivity contribution in [2.45, 2.75) is 33.2 Å². The first-order chi connectivity index (χ1) is 22.2. The summed E-state index contributed by atoms with van der Waals surface area (Å²) >= 11 is 3.38. The number of para-hydroxylation sites is 2. The summed E-state index contributed by atoms with van der Waals surface area (Å²) < 4.78 is 12.2. The average Bonchev–Trinajstić information content (AvgIpc) is 3.55. The van der Waals surface area contributed by atoms with E-state index in [1.54, 1.807) is 0 Å². The number of hydrogen-bond donors (Lipinski definition) is 0. The fourth-order valence-corrected chi connectivity index (χ4v) is 7.57. The molecule has 4 heterocycles. The first-order valence-electron chi connectivity index (χ1n) is 15.6. The Morgan fingerprint density at radius 3 is 2.27 bits per heavy atom. The number of likely N-dealkylation sites (N-methyl/N-ethyl adjacent to an activating group) is 1. The van der Waals surface area contributed by atoms with Gasteiger partial charge < -0.3 is 19.0 Å². The molecule has 0 saturated carbocycles. The predicted octanol–water partition coefficient (Wildman–Crippen LogP) is 6.22. The molecule has 5 aromatic rings. The number of aromatic nitrogens is 4. The number of thioether (sulfide) groups is 1. The van der Waals surface area contributed by atoms with Crippen molar-refractivity contribution >= 4 is 40.4 Å². The zero-order valence-corrected chi connectivity index (χ0v) is 27.1. The van der Waals surface area contributed by atoms with Crippen molar-refractivity contribution in [1.29, 1.82) is 0 Å². The summed E-state index contributed by atoms with van der Waals surface area (Å²) in [6.45, 7) is 7.59. The van der Waals surface area contributed by atoms with E-state index in [0.717, 1.165) is 79.0 Å². The standard InChI is InChI=1S/C34H37N7O2S2/c1-39-19-21-41(22-20-39)31-33(36-30-10-6-5-9-29(30)35-31)45-34-38-37-32(43-34)25-11-13-26(14-12-25)42-24-23-40-17-15-28(16-18-40)44-27-7-3-2-4-8-27/h2-14,28H,15-24H2,1H3. The van der Waals surface area contributed by atoms with Crippen LogP contribution in [0.3, 0.4) is 0 Å². The Hall–Kier alpha value is -3.64. The fourth-order valence-electron chi connectivity index (χ4n) is 5.65. The number of nitrogens with zero attached hydrogens (tertiary/aromatic N) is 7. The van der Waals surface area contributed by atoms with E-state index in [1.165, 1.54) is 29.5 Å². The minimum atomic E-state index is 0.441. The van der Waals surface area contributed by atoms with Crippen molar-refractivity contribution < 1.29 is 9.15 Å². The highest BCUT2D eigenvalue weighted by Gasteiger charge is 2.23. The molecule has 0 N–H and O–H groups in total. The topological polar surface area (TPSA) is 83.7 Å². The van der Waals surface area contributed by atoms with Crippen molar-refractivity contribution in [2.24, 2.45) is 0 Å². The van der Waals surface area contributed by atoms with Gasteiger partial charge in [0, 0.05) is 48.4 Å². The molecule has 2 aliphatic heterocycles. The van der Waals surface area contributed by atoms with Crippen molar-refractivity contribution in [2.75, 3.05) is 64.4 Å². The monoisotopic (exact) mass is 639 g/mol. The summed E-state index contributed by atoms with van der Waals surface area (Å²) in [6.07, 6.45) is 2.42. The van der Waals surface area contributed by atoms with Crippen molar-refractivity contribution in [3.8, 4) is 17.2 Å². The van der Waals surface area contributed by atoms with Gasteiger partial charge in [-0.05, 0) is 93.3 Å². The van der Waals surface area contributed by atoms with Gasteiger partial charge in [0.25, 0.3) is 5.22 Å². The van der Waals surface area contributed by atoms with E-state index in [-0.39, 0.29) is 0 Å². The second-order valence-electron chi connectivity index (χ2n) is 11.5. The first kappa shape index (κ1) is 30.0. The fraction of sp³-hybridized carbons (Fsp3) is 0.353. The normalized spacial score (nSPS) is 16.8. The maximum absolute atomic E-state index is 6.09. The molecule has 0 atom stereocenters. The van der Waals surface area contributed by atoms with Gasteiger partial charge >= 0.3 is 0 Å². The molecular formula is C34H37N7O2S2. The third-order valence-electron chi connectivity index (χ3n) is 8.27. The Bertz CT molecular complexity index is 1690. The summed E-state index contributed by atoms with van der Waals surface area (Å²) in [5, 5.41) is 10.6. The van der Waals surface area contributed by atoms with Gasteiger partial charge in [-0.25, -0.2) is 9.97 Å². The summed E-state index contributed by atoms with van der Waals surface area (Å²) in [7, 11) is 2.15. The Balaban J connectivity index is 0.933. The third kappa shape index (κ3) is 7.61. The first-order valence-corrected chi connectivity index (χ1v) is 17.2. The van der Waals surface area contributed by atoms with Crippen LogP contribution in [0.2, 0.25) is 0 Å². The summed E-state index contributed by atoms with van der Waals surface area (Å²) in [4.78, 5) is 18.4. The number of anilines is 1. The Kier molecular flexibility index (Phi) is 9.48. The maximum Gasteiger partial charge on any atom is 0.283 e. The van der Waals surface area contributed by atoms with E-state index in [9.17, 15) is 0 Å². The van der Waals surface area contributed by atoms with E-state index in [0.29, 0.717) is 23.0 Å². The highest BCUT2D eigenvalue weighted by atomic mass is 32.2. The molecule has 9 nitrogen and oxygen atoms in total. The molecule has 2 aromatic heterocycles. The number of benzene rings is 3. The summed E-state index contributed by atoms with van der Waals surface area (Å²) in [5.74, 6) is 2.17. The highest BCUT2D eigenvalue weighted by molar-refractivity contribution is 8.00. The summed E-state index contributed by atoms with van der Waals surface area (Å²) in [5.41, 5.74) is 2.58. The maximum atomic E-state index is 6.09. The zero-order valence-electron chi connectivity index (χ0n) is 25.4. The van der Waals surface area contributed by atoms with E-state index >= 15 is 0 Å². The van der Waals surface area contributed by atoms with Crippen LogP contribution in [0, 0.1) is 0 Å². The number of likely N-dealkylation sites (tertiary alicyclic amines) is 1. The highest BCUT2D eigenvalue weighted by Crippen LogP contribution is 2.35. The SMILES string of the molecule is CN1CCN(c2nc3ccccc3nc2Sc2nnc(-c3ccc(OCCN4CCC(Sc5ccccc5)CC4)cc3)o2)CC1. The van der Waals surface area contributed by atoms with Crippen LogP contribution in [-0.4, -0.2) is 94.7 Å². The van der Waals surface area contributed by atoms with Crippen LogP contribution in [0.5, 0.6) is 5.75 Å². The van der Waals surface area contributed by atoms with Gasteiger partial charge in [0.2, 0.25) is 5.89 Å². The van der Waals surface area contributed by atoms with Crippen LogP contribution in [0.15, 0.2) is 98.4 Å². The molecule has 45 heavy (non-hydrogen) atoms. The number of ether oxygens (including phenoxy) is 1. The molecular weight excluding hydrogens is 603 g/mol. The second kappa shape index (κ2) is 14.2. The van der Waals surface area contributed by atoms with Gasteiger partial charge in [0.15, 0.2) is 5.82 Å². The lowest BCUT2D eigenvalue weighted by Gasteiger charge is -2.33. The Labute approximate surface area is 272 Å². The third-order valence-corrected chi connectivity index (χ3v) is 10.4. The molecule has 3 aromatic carbocycles. The number of fused-ring (bicyclic) bond motifs is 1. The molecule has 11 heteroatoms. The summed E-state index contributed by atoms with van der Waals surface area (Å²) in [6, 6.07) is 26.6. The predicted molar refractivity (Wildman–Crippen MR) is 180 cm³/mol. The van der Waals surface area contributed by atoms with E-state index < -0.39 is 0 Å². The number of piperazine rings is 1. The van der Waals surface area contributed by atoms with Crippen LogP contribution >= 0.6 is 23.5 Å². The quantitative estimate of drug-likeness (QED) is 0.175. The van der Waals surface area contributed by atoms with Gasteiger partial charge in [-0.1, -0.05) is 30.3 Å². The van der Waals surface area contributed by atoms with Crippen LogP contribution in [-0.2, 0) is 0 Å². The van der Waals surface area contributed by atoms with Crippen molar-refractivity contribution in [3.63, 3.8) is 0 Å². The van der Waals surface area contributed by atoms with E-state index in [2.05, 4.69) is 62.3 Å². The molecule has 0 unspecified atom stereocenters. The molecule has 0 amide bonds. The number of rotatable bonds is 10. The van der Waals surface area contributed by atoms with Gasteiger partial charge in [-0.15, -0.1) is 22.0 Å². The lowest BCUT2D eigenvalue weighted by atomic mass is 10.1. The molecule has 0 spiro atoms. The number of hydrogen-bond acceptors (Lipinski definition) is 11. The minimum absolute atomic E-state index is 0.441.